The third-order valence-electron chi connectivity index (χ3n) is 7.24. The van der Waals surface area contributed by atoms with Crippen LogP contribution >= 0.6 is 0 Å². The Labute approximate surface area is 188 Å². The van der Waals surface area contributed by atoms with Crippen LogP contribution < -0.4 is 11.1 Å². The first-order valence-corrected chi connectivity index (χ1v) is 11.9. The van der Waals surface area contributed by atoms with Gasteiger partial charge < -0.3 is 15.1 Å². The molecule has 0 aliphatic carbocycles. The highest BCUT2D eigenvalue weighted by molar-refractivity contribution is 5.94. The zero-order valence-corrected chi connectivity index (χ0v) is 19.4. The average molecular weight is 429 g/mol. The van der Waals surface area contributed by atoms with Crippen LogP contribution in [-0.2, 0) is 6.42 Å². The van der Waals surface area contributed by atoms with Crippen molar-refractivity contribution in [1.29, 1.82) is 10.8 Å². The fourth-order valence-corrected chi connectivity index (χ4v) is 5.40. The Hall–Kier alpha value is -2.12. The van der Waals surface area contributed by atoms with Crippen LogP contribution in [0, 0.1) is 22.7 Å². The minimum absolute atomic E-state index is 0.170. The van der Waals surface area contributed by atoms with Crippen LogP contribution in [0.2, 0.25) is 0 Å². The van der Waals surface area contributed by atoms with E-state index < -0.39 is 0 Å². The van der Waals surface area contributed by atoms with E-state index in [4.69, 9.17) is 16.6 Å². The summed E-state index contributed by atoms with van der Waals surface area (Å²) in [6.45, 7) is 15.3. The van der Waals surface area contributed by atoms with Gasteiger partial charge in [0, 0.05) is 38.6 Å². The normalized spacial score (nSPS) is 24.4. The molecule has 3 saturated heterocycles. The number of nitrogens with one attached hydrogen (secondary N) is 3. The van der Waals surface area contributed by atoms with Crippen LogP contribution in [-0.4, -0.2) is 85.1 Å². The maximum atomic E-state index is 8.45. The van der Waals surface area contributed by atoms with E-state index in [1.165, 1.54) is 62.3 Å². The van der Waals surface area contributed by atoms with E-state index >= 15 is 0 Å². The Kier molecular flexibility index (Phi) is 8.32. The van der Waals surface area contributed by atoms with Gasteiger partial charge in [0.15, 0.2) is 11.9 Å². The van der Waals surface area contributed by atoms with Gasteiger partial charge in [-0.25, -0.2) is 0 Å². The first-order valence-electron chi connectivity index (χ1n) is 11.9. The number of benzene rings is 1. The first-order chi connectivity index (χ1) is 14.9. The largest absolute Gasteiger partial charge is 0.370 e. The SMILES string of the molecule is CCC(CC(C)C[N+]12CCN(CC1)CC2)CN(CCc1ccccc1)C(=N)NC(=N)N. The maximum absolute atomic E-state index is 8.45. The molecule has 0 amide bonds. The Morgan fingerprint density at radius 3 is 2.39 bits per heavy atom. The number of fused-ring (bicyclic) bond motifs is 3. The lowest BCUT2D eigenvalue weighted by atomic mass is 9.91. The van der Waals surface area contributed by atoms with Crippen LogP contribution in [0.3, 0.4) is 0 Å². The molecule has 0 spiro atoms. The Bertz CT molecular complexity index is 698. The van der Waals surface area contributed by atoms with Crippen molar-refractivity contribution in [3.05, 3.63) is 35.9 Å². The van der Waals surface area contributed by atoms with E-state index in [1.54, 1.807) is 0 Å². The molecular formula is C24H42N7+. The number of hydrogen-bond donors (Lipinski definition) is 4. The van der Waals surface area contributed by atoms with Crippen LogP contribution in [0.1, 0.15) is 32.3 Å². The van der Waals surface area contributed by atoms with Gasteiger partial charge in [-0.1, -0.05) is 50.6 Å². The molecule has 0 aromatic heterocycles. The summed E-state index contributed by atoms with van der Waals surface area (Å²) < 4.78 is 1.31. The molecule has 31 heavy (non-hydrogen) atoms. The predicted octanol–water partition coefficient (Wildman–Crippen LogP) is 2.15. The van der Waals surface area contributed by atoms with Gasteiger partial charge in [-0.15, -0.1) is 0 Å². The molecule has 3 fully saturated rings. The number of rotatable bonds is 10. The summed E-state index contributed by atoms with van der Waals surface area (Å²) in [5.41, 5.74) is 6.79. The molecule has 7 heteroatoms. The number of guanidine groups is 2. The lowest BCUT2D eigenvalue weighted by molar-refractivity contribution is -0.943. The summed E-state index contributed by atoms with van der Waals surface area (Å²) >= 11 is 0. The van der Waals surface area contributed by atoms with Crippen molar-refractivity contribution in [2.24, 2.45) is 17.6 Å². The van der Waals surface area contributed by atoms with Crippen LogP contribution in [0.25, 0.3) is 0 Å². The highest BCUT2D eigenvalue weighted by Gasteiger charge is 2.39. The highest BCUT2D eigenvalue weighted by atomic mass is 15.5. The van der Waals surface area contributed by atoms with Gasteiger partial charge >= 0.3 is 0 Å². The fraction of sp³-hybridized carbons (Fsp3) is 0.667. The smallest absolute Gasteiger partial charge is 0.197 e. The maximum Gasteiger partial charge on any atom is 0.197 e. The van der Waals surface area contributed by atoms with Gasteiger partial charge in [0.25, 0.3) is 0 Å². The van der Waals surface area contributed by atoms with Crippen molar-refractivity contribution in [3.63, 3.8) is 0 Å². The van der Waals surface area contributed by atoms with Crippen molar-refractivity contribution >= 4 is 11.9 Å². The van der Waals surface area contributed by atoms with E-state index in [0.29, 0.717) is 11.8 Å². The molecule has 1 aromatic carbocycles. The summed E-state index contributed by atoms with van der Waals surface area (Å²) in [4.78, 5) is 4.68. The van der Waals surface area contributed by atoms with Crippen molar-refractivity contribution in [3.8, 4) is 0 Å². The van der Waals surface area contributed by atoms with E-state index in [1.807, 2.05) is 6.07 Å². The molecule has 2 bridgehead atoms. The number of quaternary nitrogens is 1. The molecule has 1 aromatic rings. The lowest BCUT2D eigenvalue weighted by Gasteiger charge is -2.51. The predicted molar refractivity (Wildman–Crippen MR) is 128 cm³/mol. The second-order valence-electron chi connectivity index (χ2n) is 9.72. The van der Waals surface area contributed by atoms with Gasteiger partial charge in [0.1, 0.15) is 0 Å². The number of nitrogens with two attached hydrogens (primary N) is 1. The summed E-state index contributed by atoms with van der Waals surface area (Å²) in [5, 5.41) is 18.7. The fourth-order valence-electron chi connectivity index (χ4n) is 5.40. The minimum atomic E-state index is -0.170. The Balaban J connectivity index is 1.57. The van der Waals surface area contributed by atoms with Crippen molar-refractivity contribution in [2.75, 3.05) is 58.9 Å². The standard InChI is InChI=1S/C24H42N7/c1-3-21(17-20(2)19-31-14-11-29(12-15-31)13-16-31)18-30(24(27)28-23(25)26)10-9-22-7-5-4-6-8-22/h4-8,20-21H,3,9-19H2,1-2H3,(H5,25,26,27,28)/q+1. The highest BCUT2D eigenvalue weighted by Crippen LogP contribution is 2.25. The average Bonchev–Trinajstić information content (AvgIpc) is 2.76. The first kappa shape index (κ1) is 23.5. The summed E-state index contributed by atoms with van der Waals surface area (Å²) in [6.07, 6.45) is 3.17. The van der Waals surface area contributed by atoms with E-state index in [-0.39, 0.29) is 11.9 Å². The minimum Gasteiger partial charge on any atom is -0.370 e. The van der Waals surface area contributed by atoms with Crippen molar-refractivity contribution in [2.45, 2.75) is 33.1 Å². The molecule has 3 aliphatic rings. The zero-order valence-electron chi connectivity index (χ0n) is 19.4. The van der Waals surface area contributed by atoms with Crippen LogP contribution in [0.4, 0.5) is 0 Å². The van der Waals surface area contributed by atoms with Gasteiger partial charge in [-0.05, 0) is 24.3 Å². The third kappa shape index (κ3) is 6.94. The number of nitrogens with zero attached hydrogens (tertiary/aromatic N) is 3. The second kappa shape index (κ2) is 11.0. The van der Waals surface area contributed by atoms with Gasteiger partial charge in [0.2, 0.25) is 0 Å². The molecule has 7 nitrogen and oxygen atoms in total. The van der Waals surface area contributed by atoms with E-state index in [2.05, 4.69) is 53.2 Å². The quantitative estimate of drug-likeness (QED) is 0.261. The van der Waals surface area contributed by atoms with Gasteiger partial charge in [0.05, 0.1) is 26.2 Å². The van der Waals surface area contributed by atoms with Crippen LogP contribution in [0.5, 0.6) is 0 Å². The molecule has 3 aliphatic heterocycles. The molecule has 4 rings (SSSR count). The van der Waals surface area contributed by atoms with E-state index in [0.717, 1.165) is 25.9 Å². The number of hydrogen-bond acceptors (Lipinski definition) is 3. The lowest BCUT2D eigenvalue weighted by Crippen LogP contribution is -2.68. The monoisotopic (exact) mass is 428 g/mol. The van der Waals surface area contributed by atoms with Crippen LogP contribution in [0.15, 0.2) is 30.3 Å². The second-order valence-corrected chi connectivity index (χ2v) is 9.72. The molecule has 5 N–H and O–H groups in total. The third-order valence-corrected chi connectivity index (χ3v) is 7.24. The van der Waals surface area contributed by atoms with Crippen molar-refractivity contribution in [1.82, 2.24) is 15.1 Å². The van der Waals surface area contributed by atoms with Gasteiger partial charge in [-0.3, -0.25) is 21.0 Å². The Morgan fingerprint density at radius 1 is 1.16 bits per heavy atom. The molecule has 2 unspecified atom stereocenters. The molecule has 2 atom stereocenters. The molecule has 172 valence electrons. The van der Waals surface area contributed by atoms with Gasteiger partial charge in [-0.2, -0.15) is 0 Å². The molecular weight excluding hydrogens is 386 g/mol. The number of piperazine rings is 3. The molecule has 0 saturated carbocycles. The summed E-state index contributed by atoms with van der Waals surface area (Å²) in [6, 6.07) is 10.4. The zero-order chi connectivity index (χ0) is 22.3. The topological polar surface area (TPSA) is 92.2 Å². The Morgan fingerprint density at radius 2 is 1.81 bits per heavy atom. The summed E-state index contributed by atoms with van der Waals surface area (Å²) in [7, 11) is 0. The molecule has 3 heterocycles. The summed E-state index contributed by atoms with van der Waals surface area (Å²) in [5.74, 6) is 1.28. The molecule has 0 radical (unpaired) electrons. The van der Waals surface area contributed by atoms with Crippen molar-refractivity contribution < 1.29 is 4.48 Å². The van der Waals surface area contributed by atoms with E-state index in [9.17, 15) is 0 Å².